The summed E-state index contributed by atoms with van der Waals surface area (Å²) in [4.78, 5) is 0. The minimum absolute atomic E-state index is 0.0427. The largest absolute Gasteiger partial charge is 0.394 e. The minimum atomic E-state index is -0.448. The van der Waals surface area contributed by atoms with Crippen LogP contribution in [0.25, 0.3) is 0 Å². The van der Waals surface area contributed by atoms with Gasteiger partial charge in [-0.1, -0.05) is 0 Å². The molecule has 3 heteroatoms. The molecule has 1 fully saturated rings. The van der Waals surface area contributed by atoms with Gasteiger partial charge < -0.3 is 15.6 Å². The molecular formula is C7H15NO2. The second-order valence-electron chi connectivity index (χ2n) is 3.22. The molecule has 0 amide bonds. The Balaban J connectivity index is 2.45. The SMILES string of the molecule is CC(N)(CO)C1CCOC1. The molecule has 1 heterocycles. The van der Waals surface area contributed by atoms with Crippen LogP contribution in [-0.2, 0) is 4.74 Å². The van der Waals surface area contributed by atoms with Crippen molar-refractivity contribution in [2.75, 3.05) is 19.8 Å². The number of aliphatic hydroxyl groups is 1. The first-order chi connectivity index (χ1) is 4.67. The van der Waals surface area contributed by atoms with Crippen LogP contribution in [0.2, 0.25) is 0 Å². The van der Waals surface area contributed by atoms with Gasteiger partial charge in [-0.2, -0.15) is 0 Å². The lowest BCUT2D eigenvalue weighted by molar-refractivity contribution is 0.127. The Kier molecular flexibility index (Phi) is 2.28. The van der Waals surface area contributed by atoms with Crippen molar-refractivity contribution in [2.24, 2.45) is 11.7 Å². The van der Waals surface area contributed by atoms with Crippen LogP contribution in [0.4, 0.5) is 0 Å². The Morgan fingerprint density at radius 2 is 2.50 bits per heavy atom. The van der Waals surface area contributed by atoms with Crippen molar-refractivity contribution >= 4 is 0 Å². The van der Waals surface area contributed by atoms with Crippen molar-refractivity contribution < 1.29 is 9.84 Å². The Hall–Kier alpha value is -0.120. The maximum absolute atomic E-state index is 8.87. The van der Waals surface area contributed by atoms with E-state index in [4.69, 9.17) is 15.6 Å². The molecule has 0 aromatic rings. The molecule has 0 aromatic heterocycles. The lowest BCUT2D eigenvalue weighted by Gasteiger charge is -2.27. The van der Waals surface area contributed by atoms with E-state index in [0.717, 1.165) is 13.0 Å². The van der Waals surface area contributed by atoms with E-state index in [1.807, 2.05) is 6.92 Å². The smallest absolute Gasteiger partial charge is 0.0612 e. The Morgan fingerprint density at radius 1 is 1.80 bits per heavy atom. The predicted molar refractivity (Wildman–Crippen MR) is 38.6 cm³/mol. The number of rotatable bonds is 2. The normalized spacial score (nSPS) is 32.1. The molecule has 0 aromatic carbocycles. The van der Waals surface area contributed by atoms with Gasteiger partial charge in [0.2, 0.25) is 0 Å². The maximum Gasteiger partial charge on any atom is 0.0612 e. The summed E-state index contributed by atoms with van der Waals surface area (Å²) in [5, 5.41) is 8.87. The molecule has 2 unspecified atom stereocenters. The summed E-state index contributed by atoms with van der Waals surface area (Å²) in [5.74, 6) is 0.331. The van der Waals surface area contributed by atoms with Crippen LogP contribution in [0.5, 0.6) is 0 Å². The van der Waals surface area contributed by atoms with Gasteiger partial charge >= 0.3 is 0 Å². The van der Waals surface area contributed by atoms with Crippen LogP contribution < -0.4 is 5.73 Å². The van der Waals surface area contributed by atoms with E-state index in [2.05, 4.69) is 0 Å². The molecule has 3 N–H and O–H groups in total. The monoisotopic (exact) mass is 145 g/mol. The second kappa shape index (κ2) is 2.86. The molecule has 60 valence electrons. The van der Waals surface area contributed by atoms with Crippen molar-refractivity contribution in [3.8, 4) is 0 Å². The second-order valence-corrected chi connectivity index (χ2v) is 3.22. The highest BCUT2D eigenvalue weighted by Gasteiger charge is 2.32. The number of aliphatic hydroxyl groups excluding tert-OH is 1. The van der Waals surface area contributed by atoms with E-state index in [1.54, 1.807) is 0 Å². The van der Waals surface area contributed by atoms with Crippen LogP contribution in [-0.4, -0.2) is 30.5 Å². The van der Waals surface area contributed by atoms with E-state index in [0.29, 0.717) is 12.5 Å². The highest BCUT2D eigenvalue weighted by Crippen LogP contribution is 2.22. The van der Waals surface area contributed by atoms with Gasteiger partial charge in [0.1, 0.15) is 0 Å². The fraction of sp³-hybridized carbons (Fsp3) is 1.00. The highest BCUT2D eigenvalue weighted by molar-refractivity contribution is 4.88. The summed E-state index contributed by atoms with van der Waals surface area (Å²) in [6, 6.07) is 0. The molecule has 1 aliphatic heterocycles. The Bertz CT molecular complexity index is 108. The molecule has 0 saturated carbocycles. The van der Waals surface area contributed by atoms with Gasteiger partial charge in [0.15, 0.2) is 0 Å². The molecule has 1 rings (SSSR count). The minimum Gasteiger partial charge on any atom is -0.394 e. The summed E-state index contributed by atoms with van der Waals surface area (Å²) in [5.41, 5.74) is 5.34. The van der Waals surface area contributed by atoms with Crippen LogP contribution in [0.1, 0.15) is 13.3 Å². The lowest BCUT2D eigenvalue weighted by atomic mass is 9.87. The van der Waals surface area contributed by atoms with Crippen molar-refractivity contribution in [2.45, 2.75) is 18.9 Å². The Morgan fingerprint density at radius 3 is 2.90 bits per heavy atom. The summed E-state index contributed by atoms with van der Waals surface area (Å²) >= 11 is 0. The maximum atomic E-state index is 8.87. The lowest BCUT2D eigenvalue weighted by Crippen LogP contribution is -2.47. The van der Waals surface area contributed by atoms with Crippen LogP contribution in [0.3, 0.4) is 0 Å². The quantitative estimate of drug-likeness (QED) is 0.562. The predicted octanol–water partition coefficient (Wildman–Crippen LogP) is -0.267. The van der Waals surface area contributed by atoms with E-state index >= 15 is 0 Å². The van der Waals surface area contributed by atoms with Gasteiger partial charge in [-0.05, 0) is 13.3 Å². The average Bonchev–Trinajstić information content (AvgIpc) is 2.38. The molecule has 3 nitrogen and oxygen atoms in total. The fourth-order valence-corrected chi connectivity index (χ4v) is 1.18. The molecule has 0 spiro atoms. The van der Waals surface area contributed by atoms with Crippen molar-refractivity contribution in [3.63, 3.8) is 0 Å². The molecule has 0 radical (unpaired) electrons. The van der Waals surface area contributed by atoms with Crippen molar-refractivity contribution in [1.82, 2.24) is 0 Å². The number of ether oxygens (including phenoxy) is 1. The molecule has 1 aliphatic rings. The molecular weight excluding hydrogens is 130 g/mol. The molecule has 2 atom stereocenters. The molecule has 10 heavy (non-hydrogen) atoms. The fourth-order valence-electron chi connectivity index (χ4n) is 1.18. The first kappa shape index (κ1) is 7.98. The zero-order valence-electron chi connectivity index (χ0n) is 6.34. The highest BCUT2D eigenvalue weighted by atomic mass is 16.5. The van der Waals surface area contributed by atoms with Gasteiger partial charge in [0.05, 0.1) is 13.2 Å². The van der Waals surface area contributed by atoms with E-state index in [9.17, 15) is 0 Å². The van der Waals surface area contributed by atoms with Gasteiger partial charge in [-0.15, -0.1) is 0 Å². The first-order valence-electron chi connectivity index (χ1n) is 3.64. The van der Waals surface area contributed by atoms with Crippen LogP contribution >= 0.6 is 0 Å². The Labute approximate surface area is 61.2 Å². The third kappa shape index (κ3) is 1.48. The summed E-state index contributed by atoms with van der Waals surface area (Å²) in [7, 11) is 0. The van der Waals surface area contributed by atoms with E-state index in [-0.39, 0.29) is 6.61 Å². The summed E-state index contributed by atoms with van der Waals surface area (Å²) in [6.45, 7) is 3.40. The number of nitrogens with two attached hydrogens (primary N) is 1. The van der Waals surface area contributed by atoms with Gasteiger partial charge in [-0.3, -0.25) is 0 Å². The zero-order chi connectivity index (χ0) is 7.61. The number of hydrogen-bond donors (Lipinski definition) is 2. The standard InChI is InChI=1S/C7H15NO2/c1-7(8,5-9)6-2-3-10-4-6/h6,9H,2-5,8H2,1H3. The summed E-state index contributed by atoms with van der Waals surface area (Å²) < 4.78 is 5.15. The molecule has 0 aliphatic carbocycles. The topological polar surface area (TPSA) is 55.5 Å². The van der Waals surface area contributed by atoms with Gasteiger partial charge in [-0.25, -0.2) is 0 Å². The third-order valence-electron chi connectivity index (χ3n) is 2.20. The van der Waals surface area contributed by atoms with Gasteiger partial charge in [0, 0.05) is 18.1 Å². The first-order valence-corrected chi connectivity index (χ1v) is 3.64. The van der Waals surface area contributed by atoms with Crippen LogP contribution in [0, 0.1) is 5.92 Å². The van der Waals surface area contributed by atoms with E-state index in [1.165, 1.54) is 0 Å². The zero-order valence-corrected chi connectivity index (χ0v) is 6.34. The molecule has 1 saturated heterocycles. The van der Waals surface area contributed by atoms with Crippen molar-refractivity contribution in [3.05, 3.63) is 0 Å². The van der Waals surface area contributed by atoms with E-state index < -0.39 is 5.54 Å². The van der Waals surface area contributed by atoms with Gasteiger partial charge in [0.25, 0.3) is 0 Å². The van der Waals surface area contributed by atoms with Crippen LogP contribution in [0.15, 0.2) is 0 Å². The summed E-state index contributed by atoms with van der Waals surface area (Å²) in [6.07, 6.45) is 0.980. The third-order valence-corrected chi connectivity index (χ3v) is 2.20. The number of hydrogen-bond acceptors (Lipinski definition) is 3. The van der Waals surface area contributed by atoms with Crippen molar-refractivity contribution in [1.29, 1.82) is 0 Å². The average molecular weight is 145 g/mol. The molecule has 0 bridgehead atoms.